The highest BCUT2D eigenvalue weighted by molar-refractivity contribution is 5.86. The minimum atomic E-state index is -0.188. The van der Waals surface area contributed by atoms with Gasteiger partial charge in [0, 0.05) is 37.0 Å². The van der Waals surface area contributed by atoms with Gasteiger partial charge in [-0.25, -0.2) is 9.97 Å². The SMILES string of the molecule is CNC(=O)CNC(=O)C1CCCN(c2nc(-c3ccccc3)nc3c2CCC3)C1. The van der Waals surface area contributed by atoms with Gasteiger partial charge in [-0.15, -0.1) is 0 Å². The van der Waals surface area contributed by atoms with Crippen LogP contribution in [0, 0.1) is 5.92 Å². The number of likely N-dealkylation sites (N-methyl/N-ethyl adjacent to an activating group) is 1. The standard InChI is InChI=1S/C22H27N5O2/c1-23-19(28)13-24-22(29)16-9-6-12-27(14-16)21-17-10-5-11-18(17)25-20(26-21)15-7-3-2-4-8-15/h2-4,7-8,16H,5-6,9-14H2,1H3,(H,23,28)(H,24,29). The first-order valence-corrected chi connectivity index (χ1v) is 10.3. The second-order valence-corrected chi connectivity index (χ2v) is 7.69. The van der Waals surface area contributed by atoms with E-state index in [-0.39, 0.29) is 24.3 Å². The van der Waals surface area contributed by atoms with Crippen molar-refractivity contribution in [2.45, 2.75) is 32.1 Å². The molecule has 1 aromatic carbocycles. The largest absolute Gasteiger partial charge is 0.358 e. The molecule has 1 atom stereocenters. The fourth-order valence-electron chi connectivity index (χ4n) is 4.17. The van der Waals surface area contributed by atoms with E-state index >= 15 is 0 Å². The number of amides is 2. The second kappa shape index (κ2) is 8.59. The molecule has 0 radical (unpaired) electrons. The van der Waals surface area contributed by atoms with Crippen molar-refractivity contribution >= 4 is 17.6 Å². The normalized spacial score (nSPS) is 18.2. The molecule has 2 heterocycles. The predicted molar refractivity (Wildman–Crippen MR) is 112 cm³/mol. The summed E-state index contributed by atoms with van der Waals surface area (Å²) < 4.78 is 0. The maximum atomic E-state index is 12.6. The van der Waals surface area contributed by atoms with Crippen molar-refractivity contribution in [2.75, 3.05) is 31.6 Å². The molecule has 152 valence electrons. The van der Waals surface area contributed by atoms with E-state index in [9.17, 15) is 9.59 Å². The monoisotopic (exact) mass is 393 g/mol. The van der Waals surface area contributed by atoms with Gasteiger partial charge in [-0.2, -0.15) is 0 Å². The Morgan fingerprint density at radius 1 is 1.14 bits per heavy atom. The molecule has 2 aliphatic rings. The molecule has 2 amide bonds. The number of hydrogen-bond donors (Lipinski definition) is 2. The highest BCUT2D eigenvalue weighted by atomic mass is 16.2. The minimum Gasteiger partial charge on any atom is -0.358 e. The number of piperidine rings is 1. The highest BCUT2D eigenvalue weighted by Gasteiger charge is 2.30. The van der Waals surface area contributed by atoms with Crippen molar-refractivity contribution in [3.05, 3.63) is 41.6 Å². The Labute approximate surface area is 170 Å². The molecule has 1 unspecified atom stereocenters. The number of aromatic nitrogens is 2. The van der Waals surface area contributed by atoms with E-state index in [1.54, 1.807) is 7.05 Å². The number of fused-ring (bicyclic) bond motifs is 1. The molecule has 1 aliphatic carbocycles. The number of anilines is 1. The van der Waals surface area contributed by atoms with Gasteiger partial charge in [0.05, 0.1) is 12.5 Å². The van der Waals surface area contributed by atoms with Crippen molar-refractivity contribution in [3.63, 3.8) is 0 Å². The van der Waals surface area contributed by atoms with E-state index in [4.69, 9.17) is 9.97 Å². The first-order valence-electron chi connectivity index (χ1n) is 10.3. The topological polar surface area (TPSA) is 87.2 Å². The van der Waals surface area contributed by atoms with Gasteiger partial charge >= 0.3 is 0 Å². The Kier molecular flexibility index (Phi) is 5.74. The molecule has 1 aliphatic heterocycles. The van der Waals surface area contributed by atoms with E-state index in [1.807, 2.05) is 30.3 Å². The molecule has 0 saturated carbocycles. The van der Waals surface area contributed by atoms with Gasteiger partial charge in [0.1, 0.15) is 5.82 Å². The number of nitrogens with zero attached hydrogens (tertiary/aromatic N) is 3. The van der Waals surface area contributed by atoms with Crippen LogP contribution >= 0.6 is 0 Å². The van der Waals surface area contributed by atoms with Gasteiger partial charge in [0.2, 0.25) is 11.8 Å². The smallest absolute Gasteiger partial charge is 0.239 e. The van der Waals surface area contributed by atoms with Crippen LogP contribution in [0.2, 0.25) is 0 Å². The molecule has 2 N–H and O–H groups in total. The van der Waals surface area contributed by atoms with Crippen molar-refractivity contribution in [3.8, 4) is 11.4 Å². The minimum absolute atomic E-state index is 0.0207. The van der Waals surface area contributed by atoms with Crippen LogP contribution in [-0.4, -0.2) is 48.5 Å². The van der Waals surface area contributed by atoms with Gasteiger partial charge in [0.15, 0.2) is 5.82 Å². The molecule has 2 aromatic rings. The molecule has 4 rings (SSSR count). The maximum absolute atomic E-state index is 12.6. The summed E-state index contributed by atoms with van der Waals surface area (Å²) >= 11 is 0. The molecular weight excluding hydrogens is 366 g/mol. The number of hydrogen-bond acceptors (Lipinski definition) is 5. The van der Waals surface area contributed by atoms with Gasteiger partial charge in [0.25, 0.3) is 0 Å². The molecule has 1 saturated heterocycles. The van der Waals surface area contributed by atoms with Crippen LogP contribution in [0.1, 0.15) is 30.5 Å². The second-order valence-electron chi connectivity index (χ2n) is 7.69. The lowest BCUT2D eigenvalue weighted by Crippen LogP contribution is -2.45. The number of nitrogens with one attached hydrogen (secondary N) is 2. The zero-order valence-electron chi connectivity index (χ0n) is 16.8. The first kappa shape index (κ1) is 19.4. The summed E-state index contributed by atoms with van der Waals surface area (Å²) in [5.41, 5.74) is 3.39. The molecule has 1 aromatic heterocycles. The van der Waals surface area contributed by atoms with Gasteiger partial charge in [-0.1, -0.05) is 30.3 Å². The van der Waals surface area contributed by atoms with Crippen LogP contribution in [0.4, 0.5) is 5.82 Å². The summed E-state index contributed by atoms with van der Waals surface area (Å²) in [6.45, 7) is 1.53. The van der Waals surface area contributed by atoms with Gasteiger partial charge in [-0.05, 0) is 32.1 Å². The van der Waals surface area contributed by atoms with Gasteiger partial charge in [-0.3, -0.25) is 9.59 Å². The van der Waals surface area contributed by atoms with Crippen LogP contribution < -0.4 is 15.5 Å². The molecule has 7 heteroatoms. The fraction of sp³-hybridized carbons (Fsp3) is 0.455. The Morgan fingerprint density at radius 2 is 1.97 bits per heavy atom. The van der Waals surface area contributed by atoms with Crippen molar-refractivity contribution in [2.24, 2.45) is 5.92 Å². The average Bonchev–Trinajstić information content (AvgIpc) is 3.26. The number of carbonyl (C=O) groups excluding carboxylic acids is 2. The third-order valence-corrected chi connectivity index (χ3v) is 5.74. The summed E-state index contributed by atoms with van der Waals surface area (Å²) in [6.07, 6.45) is 4.82. The summed E-state index contributed by atoms with van der Waals surface area (Å²) in [4.78, 5) is 36.0. The molecule has 29 heavy (non-hydrogen) atoms. The van der Waals surface area contributed by atoms with Crippen LogP contribution in [0.5, 0.6) is 0 Å². The van der Waals surface area contributed by atoms with Crippen molar-refractivity contribution in [1.29, 1.82) is 0 Å². The van der Waals surface area contributed by atoms with E-state index < -0.39 is 0 Å². The van der Waals surface area contributed by atoms with Crippen molar-refractivity contribution in [1.82, 2.24) is 20.6 Å². The fourth-order valence-corrected chi connectivity index (χ4v) is 4.17. The Bertz CT molecular complexity index is 900. The summed E-state index contributed by atoms with van der Waals surface area (Å²) in [6, 6.07) is 10.1. The number of rotatable bonds is 5. The lowest BCUT2D eigenvalue weighted by molar-refractivity contribution is -0.128. The Balaban J connectivity index is 1.56. The van der Waals surface area contributed by atoms with Crippen molar-refractivity contribution < 1.29 is 9.59 Å². The number of carbonyl (C=O) groups is 2. The van der Waals surface area contributed by atoms with Crippen LogP contribution in [0.3, 0.4) is 0 Å². The lowest BCUT2D eigenvalue weighted by Gasteiger charge is -2.34. The van der Waals surface area contributed by atoms with Crippen LogP contribution in [-0.2, 0) is 22.4 Å². The zero-order valence-corrected chi connectivity index (χ0v) is 16.8. The van der Waals surface area contributed by atoms with E-state index in [1.165, 1.54) is 5.56 Å². The molecule has 7 nitrogen and oxygen atoms in total. The molecule has 0 spiro atoms. The Morgan fingerprint density at radius 3 is 2.76 bits per heavy atom. The first-order chi connectivity index (χ1) is 14.2. The predicted octanol–water partition coefficient (Wildman–Crippen LogP) is 1.71. The third kappa shape index (κ3) is 4.23. The lowest BCUT2D eigenvalue weighted by atomic mass is 9.96. The number of aryl methyl sites for hydroxylation is 1. The number of benzene rings is 1. The average molecular weight is 393 g/mol. The summed E-state index contributed by atoms with van der Waals surface area (Å²) in [5, 5.41) is 5.28. The van der Waals surface area contributed by atoms with E-state index in [0.29, 0.717) is 6.54 Å². The highest BCUT2D eigenvalue weighted by Crippen LogP contribution is 2.33. The zero-order chi connectivity index (χ0) is 20.2. The van der Waals surface area contributed by atoms with E-state index in [0.717, 1.165) is 61.5 Å². The quantitative estimate of drug-likeness (QED) is 0.808. The summed E-state index contributed by atoms with van der Waals surface area (Å²) in [5.74, 6) is 1.35. The summed E-state index contributed by atoms with van der Waals surface area (Å²) in [7, 11) is 1.57. The molecule has 1 fully saturated rings. The van der Waals surface area contributed by atoms with Crippen LogP contribution in [0.25, 0.3) is 11.4 Å². The molecule has 0 bridgehead atoms. The third-order valence-electron chi connectivity index (χ3n) is 5.74. The molecular formula is C22H27N5O2. The van der Waals surface area contributed by atoms with Gasteiger partial charge < -0.3 is 15.5 Å². The van der Waals surface area contributed by atoms with E-state index in [2.05, 4.69) is 15.5 Å². The Hall–Kier alpha value is -2.96. The maximum Gasteiger partial charge on any atom is 0.239 e. The van der Waals surface area contributed by atoms with Crippen LogP contribution in [0.15, 0.2) is 30.3 Å².